The topological polar surface area (TPSA) is 58.2 Å². The molecule has 1 aromatic carbocycles. The van der Waals surface area contributed by atoms with Crippen LogP contribution >= 0.6 is 0 Å². The van der Waals surface area contributed by atoms with Gasteiger partial charge in [0.1, 0.15) is 11.5 Å². The van der Waals surface area contributed by atoms with Crippen molar-refractivity contribution >= 4 is 11.0 Å². The number of fused-ring (bicyclic) bond motifs is 1. The number of nitrogens with two attached hydrogens (primary N) is 1. The van der Waals surface area contributed by atoms with Gasteiger partial charge in [0.25, 0.3) is 0 Å². The van der Waals surface area contributed by atoms with Gasteiger partial charge in [-0.2, -0.15) is 5.26 Å². The Morgan fingerprint density at radius 1 is 1.35 bits per heavy atom. The van der Waals surface area contributed by atoms with Crippen molar-refractivity contribution in [3.8, 4) is 6.07 Å². The van der Waals surface area contributed by atoms with E-state index in [0.29, 0.717) is 0 Å². The molecule has 0 saturated heterocycles. The molecule has 0 unspecified atom stereocenters. The number of nitriles is 1. The maximum absolute atomic E-state index is 9.61. The first-order valence-electron chi connectivity index (χ1n) is 7.15. The molecule has 2 N–H and O–H groups in total. The van der Waals surface area contributed by atoms with E-state index < -0.39 is 0 Å². The number of hydrogen-bond donors (Lipinski definition) is 1. The summed E-state index contributed by atoms with van der Waals surface area (Å²) >= 11 is 0. The average Bonchev–Trinajstić information content (AvgIpc) is 2.68. The monoisotopic (exact) mass is 267 g/mol. The van der Waals surface area contributed by atoms with Gasteiger partial charge in [-0.1, -0.05) is 12.1 Å². The van der Waals surface area contributed by atoms with Crippen molar-refractivity contribution in [2.75, 3.05) is 6.54 Å². The highest BCUT2D eigenvalue weighted by atomic mass is 15.1. The third-order valence-corrected chi connectivity index (χ3v) is 3.96. The molecule has 0 amide bonds. The number of quaternary nitrogens is 1. The van der Waals surface area contributed by atoms with Crippen LogP contribution in [-0.2, 0) is 7.05 Å². The number of allylic oxidation sites excluding steroid dienone is 2. The van der Waals surface area contributed by atoms with Crippen LogP contribution in [0.5, 0.6) is 0 Å². The molecular weight excluding hydrogens is 248 g/mol. The van der Waals surface area contributed by atoms with E-state index >= 15 is 0 Å². The molecule has 0 bridgehead atoms. The third-order valence-electron chi connectivity index (χ3n) is 3.96. The van der Waals surface area contributed by atoms with Crippen LogP contribution < -0.4 is 5.32 Å². The van der Waals surface area contributed by atoms with Crippen LogP contribution in [0, 0.1) is 11.3 Å². The Morgan fingerprint density at radius 3 is 3.00 bits per heavy atom. The van der Waals surface area contributed by atoms with E-state index in [0.717, 1.165) is 35.5 Å². The van der Waals surface area contributed by atoms with E-state index in [2.05, 4.69) is 22.4 Å². The van der Waals surface area contributed by atoms with E-state index in [4.69, 9.17) is 0 Å². The molecule has 0 aliphatic carbocycles. The molecule has 0 radical (unpaired) electrons. The van der Waals surface area contributed by atoms with Gasteiger partial charge in [0.05, 0.1) is 23.6 Å². The lowest BCUT2D eigenvalue weighted by atomic mass is 10.1. The summed E-state index contributed by atoms with van der Waals surface area (Å²) < 4.78 is 2.04. The molecule has 2 aromatic rings. The number of para-hydroxylation sites is 2. The predicted molar refractivity (Wildman–Crippen MR) is 77.8 cm³/mol. The van der Waals surface area contributed by atoms with E-state index in [1.807, 2.05) is 35.9 Å². The van der Waals surface area contributed by atoms with Gasteiger partial charge in [-0.15, -0.1) is 0 Å². The highest BCUT2D eigenvalue weighted by molar-refractivity contribution is 5.76. The molecule has 20 heavy (non-hydrogen) atoms. The Labute approximate surface area is 118 Å². The molecule has 1 aromatic heterocycles. The summed E-state index contributed by atoms with van der Waals surface area (Å²) in [5.74, 6) is 0.587. The summed E-state index contributed by atoms with van der Waals surface area (Å²) in [5, 5.41) is 11.8. The molecule has 1 atom stereocenters. The number of rotatable bonds is 2. The van der Waals surface area contributed by atoms with Crippen molar-refractivity contribution in [1.29, 1.82) is 5.26 Å². The summed E-state index contributed by atoms with van der Waals surface area (Å²) in [6, 6.07) is 10.5. The van der Waals surface area contributed by atoms with Crippen LogP contribution in [0.1, 0.15) is 31.0 Å². The number of nitrogens with zero attached hydrogens (tertiary/aromatic N) is 3. The minimum absolute atomic E-state index is 0.259. The Hall–Kier alpha value is -2.12. The van der Waals surface area contributed by atoms with Gasteiger partial charge >= 0.3 is 0 Å². The molecule has 4 heteroatoms. The van der Waals surface area contributed by atoms with Crippen LogP contribution in [0.3, 0.4) is 0 Å². The maximum atomic E-state index is 9.61. The van der Waals surface area contributed by atoms with Crippen LogP contribution in [-0.4, -0.2) is 16.1 Å². The second-order valence-corrected chi connectivity index (χ2v) is 5.27. The molecule has 3 rings (SSSR count). The van der Waals surface area contributed by atoms with Gasteiger partial charge in [0, 0.05) is 7.05 Å². The standard InChI is InChI=1S/C16H18N4/c1-20-15-9-5-4-8-14(15)19-16(20)12(11-17)13-7-3-2-6-10-18-13/h4-5,7-9,12,18H,2-3,6,10H2,1H3/p+1/t12-/m1/s1. The lowest BCUT2D eigenvalue weighted by molar-refractivity contribution is -0.608. The zero-order chi connectivity index (χ0) is 13.9. The smallest absolute Gasteiger partial charge is 0.177 e. The molecule has 102 valence electrons. The fourth-order valence-corrected chi connectivity index (χ4v) is 2.85. The van der Waals surface area contributed by atoms with E-state index in [1.54, 1.807) is 0 Å². The Kier molecular flexibility index (Phi) is 3.53. The van der Waals surface area contributed by atoms with E-state index in [-0.39, 0.29) is 5.92 Å². The Morgan fingerprint density at radius 2 is 2.20 bits per heavy atom. The van der Waals surface area contributed by atoms with Crippen molar-refractivity contribution in [3.63, 3.8) is 0 Å². The minimum Gasteiger partial charge on any atom is -0.330 e. The van der Waals surface area contributed by atoms with Crippen LogP contribution in [0.4, 0.5) is 0 Å². The van der Waals surface area contributed by atoms with Crippen molar-refractivity contribution in [3.05, 3.63) is 41.9 Å². The van der Waals surface area contributed by atoms with Crippen molar-refractivity contribution in [1.82, 2.24) is 9.55 Å². The van der Waals surface area contributed by atoms with Crippen LogP contribution in [0.2, 0.25) is 0 Å². The lowest BCUT2D eigenvalue weighted by Gasteiger charge is -2.10. The van der Waals surface area contributed by atoms with Gasteiger partial charge in [-0.25, -0.2) is 4.98 Å². The number of aromatic nitrogens is 2. The van der Waals surface area contributed by atoms with Gasteiger partial charge in [0.2, 0.25) is 0 Å². The Bertz CT molecular complexity index is 690. The number of benzene rings is 1. The first-order chi connectivity index (χ1) is 9.81. The summed E-state index contributed by atoms with van der Waals surface area (Å²) in [7, 11) is 1.99. The van der Waals surface area contributed by atoms with Gasteiger partial charge < -0.3 is 9.88 Å². The zero-order valence-corrected chi connectivity index (χ0v) is 11.7. The summed E-state index contributed by atoms with van der Waals surface area (Å²) in [6.07, 6.45) is 5.69. The first-order valence-corrected chi connectivity index (χ1v) is 7.15. The molecule has 0 spiro atoms. The second-order valence-electron chi connectivity index (χ2n) is 5.27. The fourth-order valence-electron chi connectivity index (χ4n) is 2.85. The Balaban J connectivity index is 2.05. The highest BCUT2D eigenvalue weighted by Gasteiger charge is 2.26. The van der Waals surface area contributed by atoms with Crippen molar-refractivity contribution < 1.29 is 5.32 Å². The summed E-state index contributed by atoms with van der Waals surface area (Å²) in [4.78, 5) is 4.67. The van der Waals surface area contributed by atoms with Crippen LogP contribution in [0.25, 0.3) is 11.0 Å². The SMILES string of the molecule is Cn1c([C@H](C#N)C2=CCCCC[NH2+]2)nc2ccccc21. The molecule has 4 nitrogen and oxygen atoms in total. The average molecular weight is 267 g/mol. The second kappa shape index (κ2) is 5.48. The zero-order valence-electron chi connectivity index (χ0n) is 11.7. The van der Waals surface area contributed by atoms with Gasteiger partial charge in [0.15, 0.2) is 5.92 Å². The van der Waals surface area contributed by atoms with Gasteiger partial charge in [-0.3, -0.25) is 0 Å². The fraction of sp³-hybridized carbons (Fsp3) is 0.375. The molecule has 0 fully saturated rings. The number of hydrogen-bond acceptors (Lipinski definition) is 2. The highest BCUT2D eigenvalue weighted by Crippen LogP contribution is 2.24. The molecular formula is C16H19N4+. The van der Waals surface area contributed by atoms with Gasteiger partial charge in [-0.05, 0) is 37.5 Å². The maximum Gasteiger partial charge on any atom is 0.177 e. The number of imidazole rings is 1. The first kappa shape index (κ1) is 12.9. The van der Waals surface area contributed by atoms with Crippen molar-refractivity contribution in [2.45, 2.75) is 25.2 Å². The lowest BCUT2D eigenvalue weighted by Crippen LogP contribution is -2.82. The minimum atomic E-state index is -0.259. The van der Waals surface area contributed by atoms with Crippen LogP contribution in [0.15, 0.2) is 36.0 Å². The largest absolute Gasteiger partial charge is 0.330 e. The third kappa shape index (κ3) is 2.21. The van der Waals surface area contributed by atoms with E-state index in [1.165, 1.54) is 12.8 Å². The quantitative estimate of drug-likeness (QED) is 0.902. The molecule has 2 heterocycles. The normalized spacial score (nSPS) is 17.3. The molecule has 1 aliphatic heterocycles. The number of aryl methyl sites for hydroxylation is 1. The van der Waals surface area contributed by atoms with Crippen molar-refractivity contribution in [2.24, 2.45) is 7.05 Å². The molecule has 1 aliphatic rings. The summed E-state index contributed by atoms with van der Waals surface area (Å²) in [5.41, 5.74) is 3.17. The summed E-state index contributed by atoms with van der Waals surface area (Å²) in [6.45, 7) is 1.06. The predicted octanol–water partition coefficient (Wildman–Crippen LogP) is 1.81. The molecule has 0 saturated carbocycles. The van der Waals surface area contributed by atoms with E-state index in [9.17, 15) is 5.26 Å².